The first-order valence-electron chi connectivity index (χ1n) is 13.6. The molecule has 3 aliphatic rings. The molecule has 0 bridgehead atoms. The van der Waals surface area contributed by atoms with Crippen molar-refractivity contribution < 1.29 is 34.2 Å². The first-order valence-corrected chi connectivity index (χ1v) is 14.6. The van der Waals surface area contributed by atoms with Gasteiger partial charge < -0.3 is 24.6 Å². The van der Waals surface area contributed by atoms with E-state index in [2.05, 4.69) is 42.5 Å². The number of nitrogens with zero attached hydrogens (tertiary/aromatic N) is 1. The minimum atomic E-state index is -1.68. The molecule has 40 heavy (non-hydrogen) atoms. The largest absolute Gasteiger partial charge is 0.504 e. The lowest BCUT2D eigenvalue weighted by Gasteiger charge is -2.31. The summed E-state index contributed by atoms with van der Waals surface area (Å²) in [4.78, 5) is 28.5. The van der Waals surface area contributed by atoms with E-state index >= 15 is 0 Å². The number of hydrogen-bond donors (Lipinski definition) is 3. The summed E-state index contributed by atoms with van der Waals surface area (Å²) in [5.74, 6) is -0.955. The number of benzene rings is 2. The van der Waals surface area contributed by atoms with Gasteiger partial charge in [-0.2, -0.15) is 0 Å². The van der Waals surface area contributed by atoms with Crippen LogP contribution in [0.4, 0.5) is 5.69 Å². The number of halogens is 1. The first kappa shape index (κ1) is 28.8. The van der Waals surface area contributed by atoms with Crippen LogP contribution in [0, 0.1) is 21.3 Å². The molecule has 5 rings (SSSR count). The van der Waals surface area contributed by atoms with Crippen LogP contribution in [0.5, 0.6) is 11.5 Å². The maximum Gasteiger partial charge on any atom is 0.488 e. The normalized spacial score (nSPS) is 24.4. The molecule has 1 aliphatic carbocycles. The molecular weight excluding hydrogens is 624 g/mol. The highest BCUT2D eigenvalue weighted by Gasteiger charge is 2.57. The maximum absolute atomic E-state index is 13.7. The third-order valence-electron chi connectivity index (χ3n) is 8.35. The Labute approximate surface area is 248 Å². The Balaban J connectivity index is 1.35. The Hall–Kier alpha value is -2.67. The lowest BCUT2D eigenvalue weighted by Crippen LogP contribution is -2.35. The minimum absolute atomic E-state index is 0.108. The summed E-state index contributed by atoms with van der Waals surface area (Å²) in [7, 11) is -0.151. The maximum atomic E-state index is 13.7. The van der Waals surface area contributed by atoms with Crippen molar-refractivity contribution in [3.8, 4) is 11.5 Å². The zero-order valence-corrected chi connectivity index (χ0v) is 24.9. The van der Waals surface area contributed by atoms with Gasteiger partial charge in [-0.25, -0.2) is 0 Å². The van der Waals surface area contributed by atoms with E-state index in [1.807, 2.05) is 12.1 Å². The number of aromatic hydroxyl groups is 1. The third kappa shape index (κ3) is 5.22. The summed E-state index contributed by atoms with van der Waals surface area (Å²) in [6.07, 6.45) is 4.87. The van der Waals surface area contributed by atoms with Crippen LogP contribution < -0.4 is 15.1 Å². The van der Waals surface area contributed by atoms with Crippen molar-refractivity contribution in [1.82, 2.24) is 0 Å². The van der Waals surface area contributed by atoms with Crippen LogP contribution in [-0.4, -0.2) is 53.9 Å². The summed E-state index contributed by atoms with van der Waals surface area (Å²) >= 11 is 2.09. The molecular formula is C30H33BINO7. The van der Waals surface area contributed by atoms with Gasteiger partial charge in [-0.3, -0.25) is 14.5 Å². The number of carbonyl (C=O) groups excluding carboxylic acids is 2. The fourth-order valence-electron chi connectivity index (χ4n) is 6.44. The Morgan fingerprint density at radius 3 is 2.67 bits per heavy atom. The predicted octanol–water partition coefficient (Wildman–Crippen LogP) is 3.80. The first-order chi connectivity index (χ1) is 19.1. The SMILES string of the molecule is CCC1=C2[C@@H](CC/C(C)=C/c3cc(I)c(O)c(OC)c3)OC[C@@H]2[C@@H]2C(=O)N(c3cccc(B(O)O)c3)C(=O)[C@@H]2C1. The highest BCUT2D eigenvalue weighted by atomic mass is 127. The Morgan fingerprint density at radius 1 is 1.20 bits per heavy atom. The molecule has 10 heteroatoms. The molecule has 0 radical (unpaired) electrons. The van der Waals surface area contributed by atoms with E-state index < -0.39 is 19.0 Å². The molecule has 0 aromatic heterocycles. The van der Waals surface area contributed by atoms with Gasteiger partial charge in [0.1, 0.15) is 0 Å². The summed E-state index contributed by atoms with van der Waals surface area (Å²) < 4.78 is 12.3. The topological polar surface area (TPSA) is 117 Å². The molecule has 2 aromatic rings. The average molecular weight is 657 g/mol. The number of hydrogen-bond acceptors (Lipinski definition) is 7. The van der Waals surface area contributed by atoms with E-state index in [1.165, 1.54) is 29.2 Å². The molecule has 0 unspecified atom stereocenters. The van der Waals surface area contributed by atoms with Gasteiger partial charge in [-0.15, -0.1) is 0 Å². The van der Waals surface area contributed by atoms with Gasteiger partial charge in [0, 0.05) is 5.92 Å². The number of amides is 2. The van der Waals surface area contributed by atoms with Crippen LogP contribution in [0.3, 0.4) is 0 Å². The number of imide groups is 1. The molecule has 2 aromatic carbocycles. The van der Waals surface area contributed by atoms with E-state index in [0.717, 1.165) is 34.0 Å². The molecule has 0 saturated carbocycles. The van der Waals surface area contributed by atoms with Gasteiger partial charge in [-0.05, 0) is 96.1 Å². The van der Waals surface area contributed by atoms with E-state index in [0.29, 0.717) is 24.5 Å². The number of fused-ring (bicyclic) bond motifs is 3. The van der Waals surface area contributed by atoms with Crippen molar-refractivity contribution in [2.45, 2.75) is 45.6 Å². The Bertz CT molecular complexity index is 1400. The smallest absolute Gasteiger partial charge is 0.488 e. The number of rotatable bonds is 8. The van der Waals surface area contributed by atoms with Gasteiger partial charge in [0.05, 0.1) is 40.9 Å². The zero-order chi connectivity index (χ0) is 28.7. The van der Waals surface area contributed by atoms with Gasteiger partial charge >= 0.3 is 7.12 Å². The molecule has 4 atom stereocenters. The van der Waals surface area contributed by atoms with E-state index in [9.17, 15) is 24.7 Å². The molecule has 2 fully saturated rings. The van der Waals surface area contributed by atoms with Crippen LogP contribution in [0.15, 0.2) is 53.1 Å². The van der Waals surface area contributed by atoms with Crippen LogP contribution in [0.2, 0.25) is 0 Å². The van der Waals surface area contributed by atoms with Gasteiger partial charge in [0.25, 0.3) is 0 Å². The molecule has 2 saturated heterocycles. The molecule has 210 valence electrons. The average Bonchev–Trinajstić information content (AvgIpc) is 3.47. The summed E-state index contributed by atoms with van der Waals surface area (Å²) in [6, 6.07) is 10.0. The minimum Gasteiger partial charge on any atom is -0.504 e. The number of allylic oxidation sites excluding steroid dienone is 2. The van der Waals surface area contributed by atoms with Crippen molar-refractivity contribution in [2.24, 2.45) is 17.8 Å². The monoisotopic (exact) mass is 657 g/mol. The number of carbonyl (C=O) groups is 2. The van der Waals surface area contributed by atoms with Crippen LogP contribution in [0.25, 0.3) is 6.08 Å². The van der Waals surface area contributed by atoms with E-state index in [-0.39, 0.29) is 35.0 Å². The summed E-state index contributed by atoms with van der Waals surface area (Å²) in [5, 5.41) is 29.3. The second kappa shape index (κ2) is 11.7. The van der Waals surface area contributed by atoms with Crippen molar-refractivity contribution in [3.05, 3.63) is 62.3 Å². The predicted molar refractivity (Wildman–Crippen MR) is 161 cm³/mol. The summed E-state index contributed by atoms with van der Waals surface area (Å²) in [5.41, 5.74) is 5.09. The van der Waals surface area contributed by atoms with Gasteiger partial charge in [-0.1, -0.05) is 36.3 Å². The standard InChI is InChI=1S/C30H33BINO7/c1-4-18-13-21-27(30(36)33(29(21)35)20-7-5-6-19(14-20)31(37)38)22-15-40-24(26(18)22)9-8-16(2)10-17-11-23(32)28(34)25(12-17)39-3/h5-7,10-12,14,21-22,24,27,34,37-38H,4,8-9,13,15H2,1-3H3/b16-10+/t21-,22+,24-,27-/m1/s1. The van der Waals surface area contributed by atoms with Crippen LogP contribution in [-0.2, 0) is 14.3 Å². The fraction of sp³-hybridized carbons (Fsp3) is 0.400. The van der Waals surface area contributed by atoms with Crippen molar-refractivity contribution in [1.29, 1.82) is 0 Å². The highest BCUT2D eigenvalue weighted by Crippen LogP contribution is 2.51. The second-order valence-electron chi connectivity index (χ2n) is 10.7. The number of anilines is 1. The molecule has 2 heterocycles. The van der Waals surface area contributed by atoms with Crippen molar-refractivity contribution in [2.75, 3.05) is 18.6 Å². The highest BCUT2D eigenvalue weighted by molar-refractivity contribution is 14.1. The summed E-state index contributed by atoms with van der Waals surface area (Å²) in [6.45, 7) is 4.56. The molecule has 2 amide bonds. The van der Waals surface area contributed by atoms with Crippen molar-refractivity contribution >= 4 is 58.7 Å². The third-order valence-corrected chi connectivity index (χ3v) is 9.17. The Morgan fingerprint density at radius 2 is 1.98 bits per heavy atom. The molecule has 2 aliphatic heterocycles. The fourth-order valence-corrected chi connectivity index (χ4v) is 7.06. The van der Waals surface area contributed by atoms with Crippen molar-refractivity contribution in [3.63, 3.8) is 0 Å². The van der Waals surface area contributed by atoms with E-state index in [4.69, 9.17) is 9.47 Å². The molecule has 8 nitrogen and oxygen atoms in total. The number of phenols is 1. The zero-order valence-electron chi connectivity index (χ0n) is 22.8. The number of ether oxygens (including phenoxy) is 2. The lowest BCUT2D eigenvalue weighted by atomic mass is 9.69. The molecule has 3 N–H and O–H groups in total. The Kier molecular flexibility index (Phi) is 8.42. The molecule has 0 spiro atoms. The van der Waals surface area contributed by atoms with Crippen LogP contribution in [0.1, 0.15) is 45.1 Å². The number of methoxy groups -OCH3 is 1. The second-order valence-corrected chi connectivity index (χ2v) is 11.9. The van der Waals surface area contributed by atoms with E-state index in [1.54, 1.807) is 18.2 Å². The lowest BCUT2D eigenvalue weighted by molar-refractivity contribution is -0.122. The van der Waals surface area contributed by atoms with Gasteiger partial charge in [0.15, 0.2) is 11.5 Å². The van der Waals surface area contributed by atoms with Gasteiger partial charge in [0.2, 0.25) is 11.8 Å². The number of phenolic OH excluding ortho intramolecular Hbond substituents is 1. The van der Waals surface area contributed by atoms with Crippen LogP contribution >= 0.6 is 22.6 Å². The quantitative estimate of drug-likeness (QED) is 0.171.